The summed E-state index contributed by atoms with van der Waals surface area (Å²) in [5, 5.41) is 21.1. The lowest BCUT2D eigenvalue weighted by Gasteiger charge is -2.21. The normalized spacial score (nSPS) is 14.0. The van der Waals surface area contributed by atoms with Crippen molar-refractivity contribution in [3.05, 3.63) is 33.5 Å². The van der Waals surface area contributed by atoms with Gasteiger partial charge in [-0.1, -0.05) is 0 Å². The Morgan fingerprint density at radius 3 is 2.41 bits per heavy atom. The zero-order chi connectivity index (χ0) is 24.1. The van der Waals surface area contributed by atoms with Crippen molar-refractivity contribution in [1.82, 2.24) is 29.5 Å². The highest BCUT2D eigenvalue weighted by Crippen LogP contribution is 2.16. The molecule has 2 aromatic heterocycles. The lowest BCUT2D eigenvalue weighted by Crippen LogP contribution is -2.35. The predicted molar refractivity (Wildman–Crippen MR) is 121 cm³/mol. The number of hydrogen-bond donors (Lipinski definition) is 2. The van der Waals surface area contributed by atoms with Crippen molar-refractivity contribution in [2.75, 3.05) is 40.3 Å². The first-order valence-corrected chi connectivity index (χ1v) is 10.9. The molecule has 0 saturated carbocycles. The fourth-order valence-electron chi connectivity index (χ4n) is 3.29. The van der Waals surface area contributed by atoms with E-state index in [0.29, 0.717) is 5.69 Å². The van der Waals surface area contributed by atoms with E-state index < -0.39 is 0 Å². The Balaban J connectivity index is 0.000000769. The Morgan fingerprint density at radius 1 is 1.19 bits per heavy atom. The average Bonchev–Trinajstić information content (AvgIpc) is 3.21. The number of rotatable bonds is 5. The molecule has 0 aromatic carbocycles. The van der Waals surface area contributed by atoms with Crippen molar-refractivity contribution in [2.24, 2.45) is 7.05 Å². The molecule has 1 aliphatic heterocycles. The van der Waals surface area contributed by atoms with Crippen LogP contribution in [0.25, 0.3) is 0 Å². The molecule has 1 saturated heterocycles. The molecule has 11 nitrogen and oxygen atoms in total. The number of hydrogen-bond acceptors (Lipinski definition) is 8. The molecule has 3 rings (SSSR count). The van der Waals surface area contributed by atoms with Crippen molar-refractivity contribution < 1.29 is 24.6 Å². The van der Waals surface area contributed by atoms with E-state index in [4.69, 9.17) is 19.8 Å². The lowest BCUT2D eigenvalue weighted by molar-refractivity contribution is -0.123. The summed E-state index contributed by atoms with van der Waals surface area (Å²) in [5.41, 5.74) is 2.93. The van der Waals surface area contributed by atoms with E-state index in [1.807, 2.05) is 36.1 Å². The largest absolute Gasteiger partial charge is 0.483 e. The van der Waals surface area contributed by atoms with Gasteiger partial charge in [0.05, 0.1) is 5.69 Å². The van der Waals surface area contributed by atoms with Crippen molar-refractivity contribution >= 4 is 30.2 Å². The molecule has 2 N–H and O–H groups in total. The molecule has 1 aliphatic rings. The average molecular weight is 469 g/mol. The first-order valence-electron chi connectivity index (χ1n) is 10.0. The minimum Gasteiger partial charge on any atom is -0.483 e. The number of carboxylic acid groups (broad SMARTS) is 2. The van der Waals surface area contributed by atoms with Crippen molar-refractivity contribution in [1.29, 1.82) is 0 Å². The molecule has 12 heteroatoms. The van der Waals surface area contributed by atoms with Crippen LogP contribution in [0.5, 0.6) is 0 Å². The third kappa shape index (κ3) is 9.12. The Labute approximate surface area is 191 Å². The zero-order valence-corrected chi connectivity index (χ0v) is 19.8. The minimum atomic E-state index is -0.250. The summed E-state index contributed by atoms with van der Waals surface area (Å²) in [4.78, 5) is 40.5. The second-order valence-corrected chi connectivity index (χ2v) is 8.35. The molecule has 1 fully saturated rings. The van der Waals surface area contributed by atoms with E-state index in [-0.39, 0.29) is 18.9 Å². The van der Waals surface area contributed by atoms with Gasteiger partial charge in [-0.25, -0.2) is 4.98 Å². The van der Waals surface area contributed by atoms with E-state index in [9.17, 15) is 4.79 Å². The van der Waals surface area contributed by atoms with E-state index in [2.05, 4.69) is 33.0 Å². The first kappa shape index (κ1) is 27.2. The van der Waals surface area contributed by atoms with Gasteiger partial charge in [-0.05, 0) is 27.4 Å². The number of carbonyl (C=O) groups is 3. The quantitative estimate of drug-likeness (QED) is 0.617. The van der Waals surface area contributed by atoms with Crippen LogP contribution < -0.4 is 0 Å². The number of amides is 1. The molecule has 0 bridgehead atoms. The summed E-state index contributed by atoms with van der Waals surface area (Å²) < 4.78 is 1.87. The standard InChI is InChI=1S/C18H28N6OS.2CH2O2/c1-14-15(10-22(4)20-14)11-23-6-5-7-24(9-8-23)18(25)16-13-26-17(19-16)12-21(2)3;2*2-1-3/h10,13H,5-9,11-12H2,1-4H3;2*1H,(H,2,3). The van der Waals surface area contributed by atoms with Gasteiger partial charge in [0, 0.05) is 63.5 Å². The van der Waals surface area contributed by atoms with Crippen LogP contribution in [-0.4, -0.2) is 98.8 Å². The van der Waals surface area contributed by atoms with Gasteiger partial charge in [-0.15, -0.1) is 11.3 Å². The molecule has 1 amide bonds. The SMILES string of the molecule is Cc1nn(C)cc1CN1CCCN(C(=O)c2csc(CN(C)C)n2)CC1.O=CO.O=CO. The van der Waals surface area contributed by atoms with Crippen LogP contribution in [0.1, 0.15) is 33.2 Å². The van der Waals surface area contributed by atoms with Crippen molar-refractivity contribution in [2.45, 2.75) is 26.4 Å². The van der Waals surface area contributed by atoms with E-state index in [0.717, 1.165) is 56.4 Å². The summed E-state index contributed by atoms with van der Waals surface area (Å²) in [6.07, 6.45) is 3.07. The van der Waals surface area contributed by atoms with Crippen LogP contribution in [-0.2, 0) is 29.7 Å². The van der Waals surface area contributed by atoms with Gasteiger partial charge in [0.25, 0.3) is 18.9 Å². The number of aryl methyl sites for hydroxylation is 2. The molecule has 0 aliphatic carbocycles. The zero-order valence-electron chi connectivity index (χ0n) is 19.0. The van der Waals surface area contributed by atoms with E-state index in [1.165, 1.54) is 5.56 Å². The van der Waals surface area contributed by atoms with Gasteiger partial charge in [0.2, 0.25) is 0 Å². The van der Waals surface area contributed by atoms with Crippen LogP contribution in [0.2, 0.25) is 0 Å². The highest BCUT2D eigenvalue weighted by molar-refractivity contribution is 7.09. The molecular weight excluding hydrogens is 436 g/mol. The summed E-state index contributed by atoms with van der Waals surface area (Å²) in [7, 11) is 5.98. The summed E-state index contributed by atoms with van der Waals surface area (Å²) in [6.45, 7) is 6.65. The number of nitrogens with zero attached hydrogens (tertiary/aromatic N) is 6. The molecule has 3 heterocycles. The Hall–Kier alpha value is -2.83. The molecule has 0 unspecified atom stereocenters. The summed E-state index contributed by atoms with van der Waals surface area (Å²) in [6, 6.07) is 0. The topological polar surface area (TPSA) is 132 Å². The highest BCUT2D eigenvalue weighted by atomic mass is 32.1. The Morgan fingerprint density at radius 2 is 1.84 bits per heavy atom. The molecule has 2 aromatic rings. The summed E-state index contributed by atoms with van der Waals surface area (Å²) in [5.74, 6) is 0.0608. The van der Waals surface area contributed by atoms with Gasteiger partial charge in [-0.2, -0.15) is 5.10 Å². The molecular formula is C20H32N6O5S. The van der Waals surface area contributed by atoms with Crippen LogP contribution in [0.4, 0.5) is 0 Å². The maximum atomic E-state index is 12.8. The van der Waals surface area contributed by atoms with Gasteiger partial charge in [0.15, 0.2) is 0 Å². The van der Waals surface area contributed by atoms with Gasteiger partial charge < -0.3 is 20.0 Å². The Bertz CT molecular complexity index is 847. The lowest BCUT2D eigenvalue weighted by atomic mass is 10.2. The predicted octanol–water partition coefficient (Wildman–Crippen LogP) is 0.996. The Kier molecular flexibility index (Phi) is 12.1. The van der Waals surface area contributed by atoms with Crippen LogP contribution >= 0.6 is 11.3 Å². The minimum absolute atomic E-state index is 0.0608. The highest BCUT2D eigenvalue weighted by Gasteiger charge is 2.23. The molecule has 0 atom stereocenters. The van der Waals surface area contributed by atoms with E-state index >= 15 is 0 Å². The number of carbonyl (C=O) groups excluding carboxylic acids is 1. The second kappa shape index (κ2) is 14.3. The molecule has 0 spiro atoms. The third-order valence-electron chi connectivity index (χ3n) is 4.61. The number of aromatic nitrogens is 3. The maximum absolute atomic E-state index is 12.8. The van der Waals surface area contributed by atoms with Gasteiger partial charge in [-0.3, -0.25) is 24.0 Å². The molecule has 178 valence electrons. The monoisotopic (exact) mass is 468 g/mol. The fourth-order valence-corrected chi connectivity index (χ4v) is 4.18. The fraction of sp³-hybridized carbons (Fsp3) is 0.550. The van der Waals surface area contributed by atoms with Crippen molar-refractivity contribution in [3.8, 4) is 0 Å². The third-order valence-corrected chi connectivity index (χ3v) is 5.44. The van der Waals surface area contributed by atoms with Crippen LogP contribution in [0.3, 0.4) is 0 Å². The van der Waals surface area contributed by atoms with Crippen LogP contribution in [0.15, 0.2) is 11.6 Å². The van der Waals surface area contributed by atoms with Gasteiger partial charge in [0.1, 0.15) is 10.7 Å². The first-order chi connectivity index (χ1) is 15.2. The van der Waals surface area contributed by atoms with Crippen molar-refractivity contribution in [3.63, 3.8) is 0 Å². The van der Waals surface area contributed by atoms with Gasteiger partial charge >= 0.3 is 0 Å². The van der Waals surface area contributed by atoms with Crippen LogP contribution in [0, 0.1) is 6.92 Å². The molecule has 32 heavy (non-hydrogen) atoms. The van der Waals surface area contributed by atoms with E-state index in [1.54, 1.807) is 11.3 Å². The molecule has 0 radical (unpaired) electrons. The number of thiazole rings is 1. The smallest absolute Gasteiger partial charge is 0.290 e. The maximum Gasteiger partial charge on any atom is 0.290 e. The second-order valence-electron chi connectivity index (χ2n) is 7.41. The summed E-state index contributed by atoms with van der Waals surface area (Å²) >= 11 is 1.56.